The number of aliphatic hydroxyl groups excluding tert-OH is 1. The Hall–Kier alpha value is -1.07. The second-order valence-electron chi connectivity index (χ2n) is 4.62. The highest BCUT2D eigenvalue weighted by atomic mass is 79.9. The van der Waals surface area contributed by atoms with Crippen molar-refractivity contribution < 1.29 is 15.0 Å². The molecule has 0 saturated carbocycles. The molecule has 1 aromatic carbocycles. The Balaban J connectivity index is 2.14. The van der Waals surface area contributed by atoms with Crippen molar-refractivity contribution in [1.29, 1.82) is 0 Å². The zero-order valence-electron chi connectivity index (χ0n) is 9.92. The van der Waals surface area contributed by atoms with Crippen LogP contribution in [-0.4, -0.2) is 40.9 Å². The molecule has 2 rings (SSSR count). The molecule has 1 heterocycles. The maximum Gasteiger partial charge on any atom is 0.407 e. The predicted octanol–water partition coefficient (Wildman–Crippen LogP) is 2.52. The van der Waals surface area contributed by atoms with Gasteiger partial charge in [-0.3, -0.25) is 0 Å². The lowest BCUT2D eigenvalue weighted by molar-refractivity contribution is 0.0886. The van der Waals surface area contributed by atoms with Gasteiger partial charge in [-0.15, -0.1) is 0 Å². The van der Waals surface area contributed by atoms with E-state index >= 15 is 0 Å². The minimum Gasteiger partial charge on any atom is -0.465 e. The van der Waals surface area contributed by atoms with E-state index in [9.17, 15) is 9.90 Å². The number of nitrogens with zero attached hydrogens (tertiary/aromatic N) is 1. The molecule has 2 N–H and O–H groups in total. The molecular formula is C13H16BrNO3. The van der Waals surface area contributed by atoms with Gasteiger partial charge in [0.15, 0.2) is 0 Å². The second kappa shape index (κ2) is 5.71. The molecule has 2 unspecified atom stereocenters. The van der Waals surface area contributed by atoms with Crippen LogP contribution in [0.15, 0.2) is 28.7 Å². The lowest BCUT2D eigenvalue weighted by Gasteiger charge is -2.36. The van der Waals surface area contributed by atoms with Gasteiger partial charge in [0.05, 0.1) is 0 Å². The van der Waals surface area contributed by atoms with Crippen LogP contribution in [0.1, 0.15) is 17.9 Å². The van der Waals surface area contributed by atoms with Crippen molar-refractivity contribution in [1.82, 2.24) is 4.90 Å². The number of hydrogen-bond donors (Lipinski definition) is 2. The number of amides is 1. The van der Waals surface area contributed by atoms with Gasteiger partial charge in [0, 0.05) is 30.1 Å². The van der Waals surface area contributed by atoms with Gasteiger partial charge in [-0.05, 0) is 30.0 Å². The Morgan fingerprint density at radius 1 is 1.39 bits per heavy atom. The number of benzene rings is 1. The first kappa shape index (κ1) is 13.4. The summed E-state index contributed by atoms with van der Waals surface area (Å²) < 4.78 is 1.02. The monoisotopic (exact) mass is 313 g/mol. The maximum absolute atomic E-state index is 10.9. The van der Waals surface area contributed by atoms with E-state index in [2.05, 4.69) is 15.9 Å². The van der Waals surface area contributed by atoms with E-state index in [-0.39, 0.29) is 18.4 Å². The summed E-state index contributed by atoms with van der Waals surface area (Å²) in [5.41, 5.74) is 1.17. The van der Waals surface area contributed by atoms with Crippen molar-refractivity contribution in [2.45, 2.75) is 12.3 Å². The lowest BCUT2D eigenvalue weighted by atomic mass is 9.81. The summed E-state index contributed by atoms with van der Waals surface area (Å²) in [5.74, 6) is 0.217. The van der Waals surface area contributed by atoms with Gasteiger partial charge >= 0.3 is 6.09 Å². The molecule has 1 amide bonds. The quantitative estimate of drug-likeness (QED) is 0.882. The topological polar surface area (TPSA) is 60.8 Å². The minimum atomic E-state index is -0.900. The summed E-state index contributed by atoms with van der Waals surface area (Å²) in [6, 6.07) is 8.03. The van der Waals surface area contributed by atoms with Gasteiger partial charge in [0.1, 0.15) is 0 Å². The van der Waals surface area contributed by atoms with Crippen molar-refractivity contribution in [3.05, 3.63) is 34.3 Å². The van der Waals surface area contributed by atoms with Gasteiger partial charge in [-0.2, -0.15) is 0 Å². The molecular weight excluding hydrogens is 298 g/mol. The van der Waals surface area contributed by atoms with Crippen LogP contribution in [0.4, 0.5) is 4.79 Å². The van der Waals surface area contributed by atoms with E-state index in [1.807, 2.05) is 24.3 Å². The van der Waals surface area contributed by atoms with Crippen LogP contribution in [-0.2, 0) is 0 Å². The first-order chi connectivity index (χ1) is 8.61. The molecule has 1 saturated heterocycles. The van der Waals surface area contributed by atoms with Crippen molar-refractivity contribution in [3.8, 4) is 0 Å². The molecule has 0 aliphatic carbocycles. The number of carbonyl (C=O) groups is 1. The smallest absolute Gasteiger partial charge is 0.407 e. The Morgan fingerprint density at radius 3 is 2.61 bits per heavy atom. The Kier molecular flexibility index (Phi) is 4.24. The Bertz CT molecular complexity index is 421. The molecule has 5 heteroatoms. The van der Waals surface area contributed by atoms with Crippen LogP contribution in [0, 0.1) is 5.92 Å². The number of halogens is 1. The number of aliphatic hydroxyl groups is 1. The third kappa shape index (κ3) is 2.84. The lowest BCUT2D eigenvalue weighted by Crippen LogP contribution is -2.43. The molecule has 0 spiro atoms. The van der Waals surface area contributed by atoms with E-state index < -0.39 is 6.09 Å². The molecule has 0 radical (unpaired) electrons. The summed E-state index contributed by atoms with van der Waals surface area (Å²) >= 11 is 3.39. The highest BCUT2D eigenvalue weighted by molar-refractivity contribution is 9.10. The first-order valence-electron chi connectivity index (χ1n) is 5.96. The minimum absolute atomic E-state index is 0.0176. The molecule has 1 aromatic rings. The van der Waals surface area contributed by atoms with E-state index in [1.54, 1.807) is 0 Å². The summed E-state index contributed by atoms with van der Waals surface area (Å²) in [7, 11) is 0. The average Bonchev–Trinajstić information content (AvgIpc) is 2.39. The molecule has 0 aromatic heterocycles. The number of likely N-dealkylation sites (tertiary alicyclic amines) is 1. The van der Waals surface area contributed by atoms with Gasteiger partial charge < -0.3 is 15.1 Å². The number of hydrogen-bond acceptors (Lipinski definition) is 2. The predicted molar refractivity (Wildman–Crippen MR) is 71.7 cm³/mol. The fourth-order valence-corrected chi connectivity index (χ4v) is 2.80. The summed E-state index contributed by atoms with van der Waals surface area (Å²) in [5, 5.41) is 18.4. The van der Waals surface area contributed by atoms with Crippen LogP contribution < -0.4 is 0 Å². The Morgan fingerprint density at radius 2 is 2.06 bits per heavy atom. The highest BCUT2D eigenvalue weighted by Crippen LogP contribution is 2.33. The van der Waals surface area contributed by atoms with Crippen molar-refractivity contribution in [2.75, 3.05) is 19.7 Å². The SMILES string of the molecule is O=C(O)N1CCC(c2ccc(Br)cc2)C(CO)C1. The van der Waals surface area contributed by atoms with Crippen LogP contribution >= 0.6 is 15.9 Å². The molecule has 1 aliphatic rings. The van der Waals surface area contributed by atoms with Crippen molar-refractivity contribution in [3.63, 3.8) is 0 Å². The van der Waals surface area contributed by atoms with Crippen LogP contribution in [0.3, 0.4) is 0 Å². The van der Waals surface area contributed by atoms with E-state index in [0.29, 0.717) is 13.1 Å². The van der Waals surface area contributed by atoms with Crippen molar-refractivity contribution in [2.24, 2.45) is 5.92 Å². The van der Waals surface area contributed by atoms with Gasteiger partial charge in [0.25, 0.3) is 0 Å². The third-order valence-electron chi connectivity index (χ3n) is 3.54. The second-order valence-corrected chi connectivity index (χ2v) is 5.53. The fourth-order valence-electron chi connectivity index (χ4n) is 2.54. The normalized spacial score (nSPS) is 24.0. The largest absolute Gasteiger partial charge is 0.465 e. The maximum atomic E-state index is 10.9. The highest BCUT2D eigenvalue weighted by Gasteiger charge is 2.31. The molecule has 1 fully saturated rings. The summed E-state index contributed by atoms with van der Waals surface area (Å²) in [4.78, 5) is 12.3. The fraction of sp³-hybridized carbons (Fsp3) is 0.462. The zero-order chi connectivity index (χ0) is 13.1. The number of rotatable bonds is 2. The molecule has 2 atom stereocenters. The van der Waals surface area contributed by atoms with Crippen LogP contribution in [0.2, 0.25) is 0 Å². The molecule has 1 aliphatic heterocycles. The van der Waals surface area contributed by atoms with E-state index in [0.717, 1.165) is 10.9 Å². The average molecular weight is 314 g/mol. The van der Waals surface area contributed by atoms with E-state index in [1.165, 1.54) is 10.5 Å². The van der Waals surface area contributed by atoms with Crippen molar-refractivity contribution >= 4 is 22.0 Å². The molecule has 0 bridgehead atoms. The van der Waals surface area contributed by atoms with Gasteiger partial charge in [-0.1, -0.05) is 28.1 Å². The van der Waals surface area contributed by atoms with Gasteiger partial charge in [-0.25, -0.2) is 4.79 Å². The molecule has 18 heavy (non-hydrogen) atoms. The first-order valence-corrected chi connectivity index (χ1v) is 6.75. The molecule has 4 nitrogen and oxygen atoms in total. The number of piperidine rings is 1. The Labute approximate surface area is 114 Å². The molecule has 98 valence electrons. The zero-order valence-corrected chi connectivity index (χ0v) is 11.5. The summed E-state index contributed by atoms with van der Waals surface area (Å²) in [6.07, 6.45) is -0.137. The number of carboxylic acid groups (broad SMARTS) is 1. The van der Waals surface area contributed by atoms with Gasteiger partial charge in [0.2, 0.25) is 0 Å². The van der Waals surface area contributed by atoms with Crippen LogP contribution in [0.25, 0.3) is 0 Å². The standard InChI is InChI=1S/C13H16BrNO3/c14-11-3-1-9(2-4-11)12-5-6-15(13(17)18)7-10(12)8-16/h1-4,10,12,16H,5-8H2,(H,17,18). The summed E-state index contributed by atoms with van der Waals surface area (Å²) in [6.45, 7) is 0.962. The van der Waals surface area contributed by atoms with Crippen LogP contribution in [0.5, 0.6) is 0 Å². The van der Waals surface area contributed by atoms with E-state index in [4.69, 9.17) is 5.11 Å². The third-order valence-corrected chi connectivity index (χ3v) is 4.07.